The fraction of sp³-hybridized carbons (Fsp3) is 0.250. The van der Waals surface area contributed by atoms with E-state index < -0.39 is 9.84 Å². The average Bonchev–Trinajstić information content (AvgIpc) is 2.56. The van der Waals surface area contributed by atoms with Gasteiger partial charge in [0.15, 0.2) is 9.84 Å². The van der Waals surface area contributed by atoms with Crippen LogP contribution in [0.25, 0.3) is 5.69 Å². The van der Waals surface area contributed by atoms with Crippen LogP contribution in [0.2, 0.25) is 5.15 Å². The molecule has 18 heavy (non-hydrogen) atoms. The van der Waals surface area contributed by atoms with Crippen molar-refractivity contribution >= 4 is 21.4 Å². The topological polar surface area (TPSA) is 52.0 Å². The number of para-hydroxylation sites is 1. The van der Waals surface area contributed by atoms with Crippen LogP contribution in [-0.4, -0.2) is 24.5 Å². The van der Waals surface area contributed by atoms with Crippen molar-refractivity contribution in [1.29, 1.82) is 0 Å². The Bertz CT molecular complexity index is 663. The van der Waals surface area contributed by atoms with E-state index in [-0.39, 0.29) is 5.75 Å². The van der Waals surface area contributed by atoms with Crippen molar-refractivity contribution in [2.24, 2.45) is 0 Å². The molecule has 0 saturated heterocycles. The van der Waals surface area contributed by atoms with Crippen molar-refractivity contribution in [2.75, 3.05) is 6.26 Å². The largest absolute Gasteiger partial charge is 0.229 e. The minimum atomic E-state index is -3.13. The second kappa shape index (κ2) is 4.74. The number of hydrogen-bond donors (Lipinski definition) is 0. The molecule has 0 bridgehead atoms. The summed E-state index contributed by atoms with van der Waals surface area (Å²) in [4.78, 5) is 0. The Morgan fingerprint density at radius 2 is 1.89 bits per heavy atom. The molecule has 0 atom stereocenters. The molecule has 1 heterocycles. The van der Waals surface area contributed by atoms with E-state index in [0.29, 0.717) is 16.4 Å². The summed E-state index contributed by atoms with van der Waals surface area (Å²) in [5.74, 6) is -0.0928. The van der Waals surface area contributed by atoms with Gasteiger partial charge in [-0.05, 0) is 19.1 Å². The van der Waals surface area contributed by atoms with Gasteiger partial charge in [-0.25, -0.2) is 13.1 Å². The molecular weight excluding hydrogens is 272 g/mol. The normalized spacial score (nSPS) is 11.7. The lowest BCUT2D eigenvalue weighted by atomic mass is 10.3. The van der Waals surface area contributed by atoms with Gasteiger partial charge in [0.2, 0.25) is 0 Å². The average molecular weight is 285 g/mol. The summed E-state index contributed by atoms with van der Waals surface area (Å²) in [6.45, 7) is 1.76. The van der Waals surface area contributed by atoms with Gasteiger partial charge in [0.1, 0.15) is 5.15 Å². The van der Waals surface area contributed by atoms with Gasteiger partial charge in [0.05, 0.1) is 17.1 Å². The van der Waals surface area contributed by atoms with Gasteiger partial charge in [-0.1, -0.05) is 29.8 Å². The number of sulfone groups is 1. The summed E-state index contributed by atoms with van der Waals surface area (Å²) in [6, 6.07) is 9.37. The van der Waals surface area contributed by atoms with Crippen LogP contribution < -0.4 is 0 Å². The first-order valence-corrected chi connectivity index (χ1v) is 7.79. The Balaban J connectivity index is 2.51. The van der Waals surface area contributed by atoms with E-state index >= 15 is 0 Å². The maximum absolute atomic E-state index is 11.4. The fourth-order valence-corrected chi connectivity index (χ4v) is 2.99. The van der Waals surface area contributed by atoms with E-state index in [1.807, 2.05) is 30.3 Å². The van der Waals surface area contributed by atoms with Crippen molar-refractivity contribution in [1.82, 2.24) is 9.78 Å². The lowest BCUT2D eigenvalue weighted by Gasteiger charge is -2.02. The van der Waals surface area contributed by atoms with Gasteiger partial charge in [-0.2, -0.15) is 5.10 Å². The third kappa shape index (κ3) is 2.73. The Morgan fingerprint density at radius 3 is 2.44 bits per heavy atom. The summed E-state index contributed by atoms with van der Waals surface area (Å²) in [6.07, 6.45) is 1.18. The number of benzene rings is 1. The molecule has 1 aromatic carbocycles. The molecule has 0 radical (unpaired) electrons. The predicted molar refractivity (Wildman–Crippen MR) is 71.9 cm³/mol. The molecule has 1 aromatic heterocycles. The second-order valence-corrected chi connectivity index (χ2v) is 6.67. The monoisotopic (exact) mass is 284 g/mol. The highest BCUT2D eigenvalue weighted by atomic mass is 35.5. The molecule has 2 rings (SSSR count). The van der Waals surface area contributed by atoms with Gasteiger partial charge in [-0.3, -0.25) is 0 Å². The zero-order chi connectivity index (χ0) is 13.3. The standard InChI is InChI=1S/C12H13ClN2O2S/c1-9-11(8-18(2,16)17)12(13)15(14-9)10-6-4-3-5-7-10/h3-7H,8H2,1-2H3. The Morgan fingerprint density at radius 1 is 1.28 bits per heavy atom. The maximum Gasteiger partial charge on any atom is 0.151 e. The number of halogens is 1. The number of hydrogen-bond acceptors (Lipinski definition) is 3. The van der Waals surface area contributed by atoms with Crippen LogP contribution in [0.3, 0.4) is 0 Å². The smallest absolute Gasteiger partial charge is 0.151 e. The fourth-order valence-electron chi connectivity index (χ4n) is 1.70. The number of rotatable bonds is 3. The molecule has 0 aliphatic carbocycles. The zero-order valence-electron chi connectivity index (χ0n) is 10.1. The summed E-state index contributed by atoms with van der Waals surface area (Å²) in [7, 11) is -3.13. The molecular formula is C12H13ClN2O2S. The van der Waals surface area contributed by atoms with Crippen LogP contribution >= 0.6 is 11.6 Å². The van der Waals surface area contributed by atoms with E-state index in [2.05, 4.69) is 5.10 Å². The molecule has 2 aromatic rings. The highest BCUT2D eigenvalue weighted by Gasteiger charge is 2.18. The van der Waals surface area contributed by atoms with Crippen molar-refractivity contribution < 1.29 is 8.42 Å². The summed E-state index contributed by atoms with van der Waals surface area (Å²) < 4.78 is 24.3. The van der Waals surface area contributed by atoms with E-state index in [1.54, 1.807) is 11.6 Å². The molecule has 0 N–H and O–H groups in total. The van der Waals surface area contributed by atoms with Crippen LogP contribution in [0.5, 0.6) is 0 Å². The number of aryl methyl sites for hydroxylation is 1. The molecule has 0 spiro atoms. The van der Waals surface area contributed by atoms with Crippen LogP contribution in [0.4, 0.5) is 0 Å². The molecule has 4 nitrogen and oxygen atoms in total. The summed E-state index contributed by atoms with van der Waals surface area (Å²) in [5, 5.41) is 4.64. The first-order valence-electron chi connectivity index (χ1n) is 5.35. The number of nitrogens with zero attached hydrogens (tertiary/aromatic N) is 2. The van der Waals surface area contributed by atoms with Gasteiger partial charge < -0.3 is 0 Å². The molecule has 0 fully saturated rings. The first kappa shape index (κ1) is 13.1. The summed E-state index contributed by atoms with van der Waals surface area (Å²) in [5.41, 5.74) is 2.00. The van der Waals surface area contributed by atoms with E-state index in [1.165, 1.54) is 6.26 Å². The zero-order valence-corrected chi connectivity index (χ0v) is 11.7. The quantitative estimate of drug-likeness (QED) is 0.869. The second-order valence-electron chi connectivity index (χ2n) is 4.17. The van der Waals surface area contributed by atoms with Crippen molar-refractivity contribution in [3.05, 3.63) is 46.7 Å². The molecule has 0 saturated carbocycles. The molecule has 0 aliphatic rings. The highest BCUT2D eigenvalue weighted by Crippen LogP contribution is 2.24. The lowest BCUT2D eigenvalue weighted by Crippen LogP contribution is -2.02. The van der Waals surface area contributed by atoms with Crippen LogP contribution in [0.15, 0.2) is 30.3 Å². The Hall–Kier alpha value is -1.33. The van der Waals surface area contributed by atoms with Crippen LogP contribution in [0.1, 0.15) is 11.3 Å². The van der Waals surface area contributed by atoms with Gasteiger partial charge in [-0.15, -0.1) is 0 Å². The third-order valence-corrected chi connectivity index (χ3v) is 3.73. The van der Waals surface area contributed by atoms with Gasteiger partial charge in [0, 0.05) is 11.8 Å². The molecule has 96 valence electrons. The van der Waals surface area contributed by atoms with Gasteiger partial charge >= 0.3 is 0 Å². The predicted octanol–water partition coefficient (Wildman–Crippen LogP) is 2.38. The van der Waals surface area contributed by atoms with Crippen molar-refractivity contribution in [2.45, 2.75) is 12.7 Å². The lowest BCUT2D eigenvalue weighted by molar-refractivity contribution is 0.601. The summed E-state index contributed by atoms with van der Waals surface area (Å²) >= 11 is 6.21. The molecule has 0 amide bonds. The first-order chi connectivity index (χ1) is 8.38. The minimum absolute atomic E-state index is 0.0928. The van der Waals surface area contributed by atoms with E-state index in [4.69, 9.17) is 11.6 Å². The number of aromatic nitrogens is 2. The molecule has 0 unspecified atom stereocenters. The highest BCUT2D eigenvalue weighted by molar-refractivity contribution is 7.89. The van der Waals surface area contributed by atoms with Crippen molar-refractivity contribution in [3.8, 4) is 5.69 Å². The molecule has 0 aliphatic heterocycles. The molecule has 6 heteroatoms. The maximum atomic E-state index is 11.4. The SMILES string of the molecule is Cc1nn(-c2ccccc2)c(Cl)c1CS(C)(=O)=O. The Labute approximate surface area is 111 Å². The Kier molecular flexibility index (Phi) is 3.45. The van der Waals surface area contributed by atoms with Crippen molar-refractivity contribution in [3.63, 3.8) is 0 Å². The minimum Gasteiger partial charge on any atom is -0.229 e. The van der Waals surface area contributed by atoms with Crippen LogP contribution in [-0.2, 0) is 15.6 Å². The van der Waals surface area contributed by atoms with Gasteiger partial charge in [0.25, 0.3) is 0 Å². The third-order valence-electron chi connectivity index (χ3n) is 2.53. The van der Waals surface area contributed by atoms with Crippen LogP contribution in [0, 0.1) is 6.92 Å². The van der Waals surface area contributed by atoms with E-state index in [0.717, 1.165) is 5.69 Å². The van der Waals surface area contributed by atoms with E-state index in [9.17, 15) is 8.42 Å².